The van der Waals surface area contributed by atoms with Gasteiger partial charge < -0.3 is 44.9 Å². The second-order valence-electron chi connectivity index (χ2n) is 10.6. The van der Waals surface area contributed by atoms with Gasteiger partial charge in [0.1, 0.15) is 35.9 Å². The molecule has 3 aromatic rings. The first-order valence-corrected chi connectivity index (χ1v) is 14.8. The molecule has 0 radical (unpaired) electrons. The molecule has 0 saturated carbocycles. The number of phenols is 1. The molecule has 0 spiro atoms. The number of phenolic OH excluding ortho intramolecular Hbond substituents is 1. The summed E-state index contributed by atoms with van der Waals surface area (Å²) in [7, 11) is 0. The van der Waals surface area contributed by atoms with Crippen LogP contribution in [0.2, 0.25) is 10.0 Å². The summed E-state index contributed by atoms with van der Waals surface area (Å²) in [5, 5.41) is 50.5. The Bertz CT molecular complexity index is 2250. The summed E-state index contributed by atoms with van der Waals surface area (Å²) >= 11 is 12.3. The van der Waals surface area contributed by atoms with Gasteiger partial charge in [0.05, 0.1) is 21.3 Å². The number of nitrogens with zero attached hydrogens (tertiary/aromatic N) is 1. The van der Waals surface area contributed by atoms with Crippen molar-refractivity contribution in [2.24, 2.45) is 0 Å². The number of carboxylic acids is 4. The van der Waals surface area contributed by atoms with Gasteiger partial charge in [-0.05, 0) is 42.0 Å². The summed E-state index contributed by atoms with van der Waals surface area (Å²) in [6.07, 6.45) is 0. The van der Waals surface area contributed by atoms with Crippen molar-refractivity contribution in [1.29, 1.82) is 0 Å². The number of amides is 1. The average molecular weight is 725 g/mol. The number of hydrogen-bond donors (Lipinski definition) is 6. The maximum absolute atomic E-state index is 13.5. The topological polar surface area (TPSA) is 241 Å². The molecule has 17 heteroatoms. The number of halogens is 2. The zero-order chi connectivity index (χ0) is 36.4. The molecule has 0 atom stereocenters. The number of ether oxygens (including phenoxy) is 1. The lowest BCUT2D eigenvalue weighted by Gasteiger charge is -2.22. The quantitative estimate of drug-likeness (QED) is 0.0932. The van der Waals surface area contributed by atoms with Gasteiger partial charge in [0.2, 0.25) is 5.43 Å². The van der Waals surface area contributed by atoms with Crippen molar-refractivity contribution in [3.63, 3.8) is 0 Å². The number of hydrogen-bond acceptors (Lipinski definition) is 10. The van der Waals surface area contributed by atoms with Crippen LogP contribution in [0.15, 0.2) is 69.9 Å². The zero-order valence-corrected chi connectivity index (χ0v) is 26.6. The Morgan fingerprint density at radius 3 is 2.14 bits per heavy atom. The first-order chi connectivity index (χ1) is 23.6. The fraction of sp³-hybridized carbons (Fsp3) is 0.0909. The van der Waals surface area contributed by atoms with Crippen LogP contribution in [0.5, 0.6) is 11.5 Å². The highest BCUT2D eigenvalue weighted by Crippen LogP contribution is 2.44. The first kappa shape index (κ1) is 35.0. The number of aromatic hydroxyl groups is 1. The highest BCUT2D eigenvalue weighted by molar-refractivity contribution is 6.33. The van der Waals surface area contributed by atoms with Crippen molar-refractivity contribution in [2.75, 3.05) is 29.9 Å². The van der Waals surface area contributed by atoms with E-state index in [1.165, 1.54) is 42.5 Å². The van der Waals surface area contributed by atoms with Crippen molar-refractivity contribution >= 4 is 75.3 Å². The van der Waals surface area contributed by atoms with E-state index < -0.39 is 54.9 Å². The molecule has 6 N–H and O–H groups in total. The molecule has 1 heterocycles. The molecule has 1 aliphatic carbocycles. The van der Waals surface area contributed by atoms with Gasteiger partial charge in [-0.15, -0.1) is 0 Å². The number of nitrogens with one attached hydrogen (secondary N) is 1. The molecule has 0 fully saturated rings. The van der Waals surface area contributed by atoms with Crippen molar-refractivity contribution in [3.8, 4) is 33.9 Å². The zero-order valence-electron chi connectivity index (χ0n) is 25.1. The fourth-order valence-electron chi connectivity index (χ4n) is 5.10. The summed E-state index contributed by atoms with van der Waals surface area (Å²) in [4.78, 5) is 73.3. The van der Waals surface area contributed by atoms with Gasteiger partial charge in [-0.25, -0.2) is 9.59 Å². The van der Waals surface area contributed by atoms with Gasteiger partial charge in [0.25, 0.3) is 5.91 Å². The molecule has 256 valence electrons. The smallest absolute Gasteiger partial charge is 0.341 e. The van der Waals surface area contributed by atoms with Gasteiger partial charge in [0, 0.05) is 46.0 Å². The fourth-order valence-corrected chi connectivity index (χ4v) is 5.43. The largest absolute Gasteiger partial charge is 0.506 e. The van der Waals surface area contributed by atoms with Crippen LogP contribution in [0, 0.1) is 0 Å². The third-order valence-corrected chi connectivity index (χ3v) is 7.80. The molecule has 0 bridgehead atoms. The molecule has 0 aromatic heterocycles. The Labute approximate surface area is 289 Å². The Morgan fingerprint density at radius 2 is 1.50 bits per heavy atom. The Hall–Kier alpha value is -6.32. The molecule has 15 nitrogen and oxygen atoms in total. The third-order valence-electron chi connectivity index (χ3n) is 7.21. The maximum Gasteiger partial charge on any atom is 0.341 e. The number of rotatable bonds is 12. The second kappa shape index (κ2) is 14.0. The van der Waals surface area contributed by atoms with Gasteiger partial charge >= 0.3 is 23.9 Å². The standard InChI is InChI=1S/C33H22Cl2N2O13/c34-20-7-18-25(9-23(20)38)50-26-10-24(39)21(35)8-19(26)31(18)16-3-1-14(5-17(16)33(47)48)32(46)36-22-4-2-15(6-27(22)49-13-30(44)45)37(11-28(40)41)12-29(42)43/h1-10,38H,11-13H2,(H,36,46)(H,40,41)(H,42,43)(H,44,45)(H,47,48). The van der Waals surface area contributed by atoms with Gasteiger partial charge in [-0.3, -0.25) is 19.2 Å². The molecule has 3 aromatic carbocycles. The van der Waals surface area contributed by atoms with Gasteiger partial charge in [-0.1, -0.05) is 29.3 Å². The van der Waals surface area contributed by atoms with Crippen molar-refractivity contribution in [3.05, 3.63) is 92.1 Å². The summed E-state index contributed by atoms with van der Waals surface area (Å²) < 4.78 is 11.1. The lowest BCUT2D eigenvalue weighted by atomic mass is 9.89. The van der Waals surface area contributed by atoms with E-state index in [-0.39, 0.29) is 77.5 Å². The average Bonchev–Trinajstić information content (AvgIpc) is 3.03. The van der Waals surface area contributed by atoms with E-state index >= 15 is 0 Å². The van der Waals surface area contributed by atoms with Crippen LogP contribution in [0.3, 0.4) is 0 Å². The third kappa shape index (κ3) is 7.38. The maximum atomic E-state index is 13.5. The lowest BCUT2D eigenvalue weighted by molar-refractivity contribution is -0.139. The Morgan fingerprint density at radius 1 is 0.800 bits per heavy atom. The highest BCUT2D eigenvalue weighted by atomic mass is 35.5. The highest BCUT2D eigenvalue weighted by Gasteiger charge is 2.25. The van der Waals surface area contributed by atoms with E-state index in [9.17, 15) is 49.2 Å². The van der Waals surface area contributed by atoms with Crippen LogP contribution < -0.4 is 20.4 Å². The molecule has 0 unspecified atom stereocenters. The predicted octanol–water partition coefficient (Wildman–Crippen LogP) is 4.97. The number of aliphatic carboxylic acids is 3. The minimum atomic E-state index is -1.46. The molecule has 50 heavy (non-hydrogen) atoms. The molecule has 1 amide bonds. The number of fused-ring (bicyclic) bond motifs is 2. The Kier molecular flexibility index (Phi) is 9.83. The van der Waals surface area contributed by atoms with E-state index in [2.05, 4.69) is 5.32 Å². The summed E-state index contributed by atoms with van der Waals surface area (Å²) in [5.74, 6) is -6.99. The Balaban J connectivity index is 1.60. The minimum absolute atomic E-state index is 0.0180. The summed E-state index contributed by atoms with van der Waals surface area (Å²) in [6, 6.07) is 12.3. The van der Waals surface area contributed by atoms with E-state index in [0.717, 1.165) is 23.1 Å². The van der Waals surface area contributed by atoms with Crippen molar-refractivity contribution in [1.82, 2.24) is 0 Å². The molecule has 5 rings (SSSR count). The van der Waals surface area contributed by atoms with E-state index in [0.29, 0.717) is 0 Å². The van der Waals surface area contributed by atoms with Crippen LogP contribution in [-0.4, -0.2) is 75.0 Å². The van der Waals surface area contributed by atoms with Gasteiger partial charge in [-0.2, -0.15) is 0 Å². The number of anilines is 2. The van der Waals surface area contributed by atoms with Crippen molar-refractivity contribution < 1.29 is 58.7 Å². The molecule has 2 aliphatic rings. The van der Waals surface area contributed by atoms with E-state index in [1.54, 1.807) is 0 Å². The molecular formula is C33H22Cl2N2O13. The van der Waals surface area contributed by atoms with Crippen LogP contribution in [-0.2, 0) is 14.4 Å². The predicted molar refractivity (Wildman–Crippen MR) is 178 cm³/mol. The normalized spacial score (nSPS) is 10.9. The number of carbonyl (C=O) groups excluding carboxylic acids is 1. The minimum Gasteiger partial charge on any atom is -0.506 e. The van der Waals surface area contributed by atoms with Crippen LogP contribution in [0.1, 0.15) is 20.7 Å². The van der Waals surface area contributed by atoms with Crippen LogP contribution in [0.25, 0.3) is 33.4 Å². The molecule has 1 aliphatic heterocycles. The van der Waals surface area contributed by atoms with Crippen LogP contribution >= 0.6 is 23.2 Å². The lowest BCUT2D eigenvalue weighted by Crippen LogP contribution is -2.34. The number of carbonyl (C=O) groups is 5. The number of carboxylic acid groups (broad SMARTS) is 4. The summed E-state index contributed by atoms with van der Waals surface area (Å²) in [6.45, 7) is -2.33. The van der Waals surface area contributed by atoms with E-state index in [1.807, 2.05) is 0 Å². The van der Waals surface area contributed by atoms with Crippen LogP contribution in [0.4, 0.5) is 11.4 Å². The molecular weight excluding hydrogens is 703 g/mol. The second-order valence-corrected chi connectivity index (χ2v) is 11.4. The van der Waals surface area contributed by atoms with Crippen molar-refractivity contribution in [2.45, 2.75) is 0 Å². The monoisotopic (exact) mass is 724 g/mol. The van der Waals surface area contributed by atoms with Gasteiger partial charge in [0.15, 0.2) is 6.61 Å². The van der Waals surface area contributed by atoms with E-state index in [4.69, 9.17) is 37.5 Å². The molecule has 0 saturated heterocycles. The summed E-state index contributed by atoms with van der Waals surface area (Å²) in [5.41, 5.74) is -0.669. The number of aromatic carboxylic acids is 1. The first-order valence-electron chi connectivity index (χ1n) is 14.1. The number of benzene rings is 4. The SMILES string of the molecule is O=C(O)COc1cc(N(CC(=O)O)CC(=O)O)ccc1NC(=O)c1ccc(-c2c3cc(Cl)c(=O)cc-3oc3cc(O)c(Cl)cc23)c(C(=O)O)c1.